The highest BCUT2D eigenvalue weighted by Gasteiger charge is 2.14. The molecule has 0 aliphatic carbocycles. The van der Waals surface area contributed by atoms with Crippen molar-refractivity contribution < 1.29 is 4.79 Å². The van der Waals surface area contributed by atoms with E-state index < -0.39 is 6.04 Å². The maximum Gasteiger partial charge on any atom is 0.154 e. The molecular formula is C18H29NO. The first-order valence-corrected chi connectivity index (χ1v) is 8.09. The van der Waals surface area contributed by atoms with Crippen molar-refractivity contribution in [2.75, 3.05) is 0 Å². The maximum absolute atomic E-state index is 12.0. The number of hydrogen-bond acceptors (Lipinski definition) is 2. The molecule has 0 aliphatic heterocycles. The fourth-order valence-corrected chi connectivity index (χ4v) is 2.43. The Morgan fingerprint density at radius 2 is 1.50 bits per heavy atom. The summed E-state index contributed by atoms with van der Waals surface area (Å²) >= 11 is 0. The van der Waals surface area contributed by atoms with Crippen molar-refractivity contribution in [1.82, 2.24) is 0 Å². The van der Waals surface area contributed by atoms with Crippen LogP contribution in [0.1, 0.15) is 76.3 Å². The molecule has 1 atom stereocenters. The number of rotatable bonds is 11. The van der Waals surface area contributed by atoms with Crippen LogP contribution in [0.25, 0.3) is 0 Å². The van der Waals surface area contributed by atoms with Gasteiger partial charge in [0.05, 0.1) is 6.04 Å². The second kappa shape index (κ2) is 10.6. The van der Waals surface area contributed by atoms with Crippen molar-refractivity contribution in [3.8, 4) is 0 Å². The molecule has 2 heteroatoms. The Morgan fingerprint density at radius 3 is 2.10 bits per heavy atom. The van der Waals surface area contributed by atoms with Crippen LogP contribution in [-0.4, -0.2) is 5.78 Å². The van der Waals surface area contributed by atoms with Crippen molar-refractivity contribution in [1.29, 1.82) is 0 Å². The minimum atomic E-state index is -0.444. The highest BCUT2D eigenvalue weighted by Crippen LogP contribution is 2.15. The third-order valence-electron chi connectivity index (χ3n) is 3.78. The molecular weight excluding hydrogens is 246 g/mol. The van der Waals surface area contributed by atoms with Gasteiger partial charge in [-0.2, -0.15) is 0 Å². The molecule has 0 unspecified atom stereocenters. The molecule has 0 heterocycles. The molecule has 2 N–H and O–H groups in total. The minimum absolute atomic E-state index is 0.169. The first-order chi connectivity index (χ1) is 9.75. The SMILES string of the molecule is CCCCCCCCCCC(=O)[C@H](N)c1ccccc1. The van der Waals surface area contributed by atoms with Crippen LogP contribution in [0.5, 0.6) is 0 Å². The Labute approximate surface area is 123 Å². The lowest BCUT2D eigenvalue weighted by Gasteiger charge is -2.10. The molecule has 0 fully saturated rings. The van der Waals surface area contributed by atoms with Crippen LogP contribution in [0.4, 0.5) is 0 Å². The molecule has 0 saturated carbocycles. The predicted molar refractivity (Wildman–Crippen MR) is 85.6 cm³/mol. The zero-order valence-electron chi connectivity index (χ0n) is 12.8. The van der Waals surface area contributed by atoms with E-state index in [1.807, 2.05) is 30.3 Å². The molecule has 0 aromatic heterocycles. The fraction of sp³-hybridized carbons (Fsp3) is 0.611. The van der Waals surface area contributed by atoms with Gasteiger partial charge in [0.25, 0.3) is 0 Å². The Kier molecular flexibility index (Phi) is 8.97. The summed E-state index contributed by atoms with van der Waals surface area (Å²) in [6.45, 7) is 2.24. The lowest BCUT2D eigenvalue weighted by molar-refractivity contribution is -0.120. The molecule has 20 heavy (non-hydrogen) atoms. The van der Waals surface area contributed by atoms with Crippen molar-refractivity contribution in [2.45, 2.75) is 70.8 Å². The Bertz CT molecular complexity index is 361. The number of unbranched alkanes of at least 4 members (excludes halogenated alkanes) is 7. The Morgan fingerprint density at radius 1 is 0.950 bits per heavy atom. The highest BCUT2D eigenvalue weighted by atomic mass is 16.1. The molecule has 112 valence electrons. The van der Waals surface area contributed by atoms with Crippen LogP contribution >= 0.6 is 0 Å². The van der Waals surface area contributed by atoms with Crippen molar-refractivity contribution in [2.24, 2.45) is 5.73 Å². The van der Waals surface area contributed by atoms with Crippen LogP contribution in [-0.2, 0) is 4.79 Å². The lowest BCUT2D eigenvalue weighted by Crippen LogP contribution is -2.21. The van der Waals surface area contributed by atoms with Crippen molar-refractivity contribution in [3.63, 3.8) is 0 Å². The van der Waals surface area contributed by atoms with E-state index in [-0.39, 0.29) is 5.78 Å². The zero-order valence-corrected chi connectivity index (χ0v) is 12.8. The molecule has 1 aromatic rings. The molecule has 0 saturated heterocycles. The van der Waals surface area contributed by atoms with E-state index >= 15 is 0 Å². The quantitative estimate of drug-likeness (QED) is 0.590. The molecule has 0 radical (unpaired) electrons. The fourth-order valence-electron chi connectivity index (χ4n) is 2.43. The number of benzene rings is 1. The molecule has 1 aromatic carbocycles. The van der Waals surface area contributed by atoms with Gasteiger partial charge in [-0.25, -0.2) is 0 Å². The van der Waals surface area contributed by atoms with Gasteiger partial charge in [-0.15, -0.1) is 0 Å². The molecule has 0 aliphatic rings. The zero-order chi connectivity index (χ0) is 14.6. The largest absolute Gasteiger partial charge is 0.318 e. The summed E-state index contributed by atoms with van der Waals surface area (Å²) in [5.41, 5.74) is 6.91. The third-order valence-corrected chi connectivity index (χ3v) is 3.78. The second-order valence-corrected chi connectivity index (χ2v) is 5.58. The van der Waals surface area contributed by atoms with E-state index in [1.165, 1.54) is 38.5 Å². The van der Waals surface area contributed by atoms with Gasteiger partial charge in [-0.3, -0.25) is 4.79 Å². The molecule has 0 amide bonds. The summed E-state index contributed by atoms with van der Waals surface area (Å²) in [6.07, 6.45) is 10.6. The van der Waals surface area contributed by atoms with Gasteiger partial charge in [-0.05, 0) is 12.0 Å². The van der Waals surface area contributed by atoms with E-state index in [0.717, 1.165) is 18.4 Å². The van der Waals surface area contributed by atoms with Crippen molar-refractivity contribution >= 4 is 5.78 Å². The van der Waals surface area contributed by atoms with Gasteiger partial charge in [-0.1, -0.05) is 82.2 Å². The van der Waals surface area contributed by atoms with Gasteiger partial charge < -0.3 is 5.73 Å². The molecule has 2 nitrogen and oxygen atoms in total. The Hall–Kier alpha value is -1.15. The van der Waals surface area contributed by atoms with Crippen LogP contribution in [0.3, 0.4) is 0 Å². The summed E-state index contributed by atoms with van der Waals surface area (Å²) < 4.78 is 0. The van der Waals surface area contributed by atoms with Gasteiger partial charge in [0.15, 0.2) is 5.78 Å². The topological polar surface area (TPSA) is 43.1 Å². The number of ketones is 1. The van der Waals surface area contributed by atoms with E-state index in [2.05, 4.69) is 6.92 Å². The normalized spacial score (nSPS) is 12.3. The maximum atomic E-state index is 12.0. The average Bonchev–Trinajstić information content (AvgIpc) is 2.50. The lowest BCUT2D eigenvalue weighted by atomic mass is 9.99. The summed E-state index contributed by atoms with van der Waals surface area (Å²) in [6, 6.07) is 9.21. The van der Waals surface area contributed by atoms with Crippen LogP contribution in [0, 0.1) is 0 Å². The summed E-state index contributed by atoms with van der Waals surface area (Å²) in [5.74, 6) is 0.169. The second-order valence-electron chi connectivity index (χ2n) is 5.58. The number of Topliss-reactive ketones (excluding diaryl/α,β-unsaturated/α-hetero) is 1. The van der Waals surface area contributed by atoms with Gasteiger partial charge in [0, 0.05) is 6.42 Å². The first-order valence-electron chi connectivity index (χ1n) is 8.09. The number of nitrogens with two attached hydrogens (primary N) is 1. The van der Waals surface area contributed by atoms with Gasteiger partial charge in [0.2, 0.25) is 0 Å². The number of carbonyl (C=O) groups is 1. The van der Waals surface area contributed by atoms with Crippen LogP contribution in [0.2, 0.25) is 0 Å². The minimum Gasteiger partial charge on any atom is -0.318 e. The predicted octanol–water partition coefficient (Wildman–Crippen LogP) is 4.79. The summed E-state index contributed by atoms with van der Waals surface area (Å²) in [4.78, 5) is 12.0. The Balaban J connectivity index is 2.08. The van der Waals surface area contributed by atoms with E-state index in [4.69, 9.17) is 5.73 Å². The molecule has 0 bridgehead atoms. The summed E-state index contributed by atoms with van der Waals surface area (Å²) in [7, 11) is 0. The molecule has 1 rings (SSSR count). The van der Waals surface area contributed by atoms with E-state index in [1.54, 1.807) is 0 Å². The van der Waals surface area contributed by atoms with Crippen LogP contribution in [0.15, 0.2) is 30.3 Å². The smallest absolute Gasteiger partial charge is 0.154 e. The first kappa shape index (κ1) is 16.9. The summed E-state index contributed by atoms with van der Waals surface area (Å²) in [5, 5.41) is 0. The average molecular weight is 275 g/mol. The van der Waals surface area contributed by atoms with Gasteiger partial charge >= 0.3 is 0 Å². The monoisotopic (exact) mass is 275 g/mol. The molecule has 0 spiro atoms. The van der Waals surface area contributed by atoms with E-state index in [0.29, 0.717) is 6.42 Å². The highest BCUT2D eigenvalue weighted by molar-refractivity contribution is 5.84. The standard InChI is InChI=1S/C18H29NO/c1-2-3-4-5-6-7-8-12-15-17(20)18(19)16-13-10-9-11-14-16/h9-11,13-14,18H,2-8,12,15,19H2,1H3/t18-/m1/s1. The van der Waals surface area contributed by atoms with Gasteiger partial charge in [0.1, 0.15) is 0 Å². The van der Waals surface area contributed by atoms with E-state index in [9.17, 15) is 4.79 Å². The third kappa shape index (κ3) is 6.85. The number of hydrogen-bond donors (Lipinski definition) is 1. The number of carbonyl (C=O) groups excluding carboxylic acids is 1. The van der Waals surface area contributed by atoms with Crippen molar-refractivity contribution in [3.05, 3.63) is 35.9 Å². The van der Waals surface area contributed by atoms with Crippen LogP contribution < -0.4 is 5.73 Å².